The van der Waals surface area contributed by atoms with Gasteiger partial charge < -0.3 is 5.32 Å². The molecule has 1 N–H and O–H groups in total. The number of benzene rings is 1. The van der Waals surface area contributed by atoms with Crippen molar-refractivity contribution in [2.45, 2.75) is 59.0 Å². The molecule has 5 heteroatoms. The van der Waals surface area contributed by atoms with E-state index in [1.807, 2.05) is 18.2 Å². The highest BCUT2D eigenvalue weighted by Crippen LogP contribution is 2.65. The molecule has 138 valence electrons. The van der Waals surface area contributed by atoms with Crippen LogP contribution in [0, 0.1) is 16.7 Å². The van der Waals surface area contributed by atoms with E-state index in [1.165, 1.54) is 19.0 Å². The number of fused-ring (bicyclic) bond motifs is 3. The zero-order valence-electron chi connectivity index (χ0n) is 15.8. The van der Waals surface area contributed by atoms with E-state index in [0.717, 1.165) is 11.9 Å². The Morgan fingerprint density at radius 1 is 1.31 bits per heavy atom. The number of hydrogen-bond donors (Lipinski definition) is 1. The maximum absolute atomic E-state index is 12.6. The molecule has 3 unspecified atom stereocenters. The number of para-hydroxylation sites is 1. The molecular formula is C21H27N3O2. The van der Waals surface area contributed by atoms with Gasteiger partial charge in [-0.2, -0.15) is 5.10 Å². The summed E-state index contributed by atoms with van der Waals surface area (Å²) >= 11 is 0. The van der Waals surface area contributed by atoms with Crippen molar-refractivity contribution in [3.63, 3.8) is 0 Å². The Labute approximate surface area is 153 Å². The number of nitrogens with one attached hydrogen (secondary N) is 1. The predicted octanol–water partition coefficient (Wildman–Crippen LogP) is 3.12. The minimum Gasteiger partial charge on any atom is -0.353 e. The fourth-order valence-electron chi connectivity index (χ4n) is 5.24. The van der Waals surface area contributed by atoms with Crippen molar-refractivity contribution < 1.29 is 4.79 Å². The summed E-state index contributed by atoms with van der Waals surface area (Å²) in [5.74, 6) is 0.784. The Morgan fingerprint density at radius 2 is 2.08 bits per heavy atom. The van der Waals surface area contributed by atoms with Gasteiger partial charge in [-0.05, 0) is 48.1 Å². The Balaban J connectivity index is 1.45. The number of hydrogen-bond acceptors (Lipinski definition) is 3. The monoisotopic (exact) mass is 353 g/mol. The molecule has 0 radical (unpaired) electrons. The van der Waals surface area contributed by atoms with Crippen LogP contribution in [0.3, 0.4) is 0 Å². The second kappa shape index (κ2) is 5.93. The minimum atomic E-state index is -0.0848. The molecule has 2 bridgehead atoms. The third-order valence-electron chi connectivity index (χ3n) is 7.44. The van der Waals surface area contributed by atoms with Crippen LogP contribution in [0.5, 0.6) is 0 Å². The van der Waals surface area contributed by atoms with Crippen molar-refractivity contribution in [2.24, 2.45) is 16.7 Å². The fourth-order valence-corrected chi connectivity index (χ4v) is 5.24. The summed E-state index contributed by atoms with van der Waals surface area (Å²) < 4.78 is 1.75. The Bertz CT molecular complexity index is 917. The van der Waals surface area contributed by atoms with E-state index in [0.29, 0.717) is 29.7 Å². The SMILES string of the molecule is CC1(C)C2CCC1(C)C(NC(=O)CCn1ncc(=O)c3ccccc31)C2. The summed E-state index contributed by atoms with van der Waals surface area (Å²) in [5, 5.41) is 8.15. The van der Waals surface area contributed by atoms with Crippen LogP contribution in [0.25, 0.3) is 10.9 Å². The number of aryl methyl sites for hydroxylation is 1. The van der Waals surface area contributed by atoms with Crippen LogP contribution in [0.2, 0.25) is 0 Å². The van der Waals surface area contributed by atoms with Crippen LogP contribution < -0.4 is 10.7 Å². The first-order valence-electron chi connectivity index (χ1n) is 9.57. The molecule has 26 heavy (non-hydrogen) atoms. The van der Waals surface area contributed by atoms with Crippen LogP contribution in [0.15, 0.2) is 35.3 Å². The van der Waals surface area contributed by atoms with Gasteiger partial charge in [-0.15, -0.1) is 0 Å². The number of carbonyl (C=O) groups excluding carboxylic acids is 1. The molecular weight excluding hydrogens is 326 g/mol. The lowest BCUT2D eigenvalue weighted by atomic mass is 9.69. The van der Waals surface area contributed by atoms with Crippen LogP contribution in [0.1, 0.15) is 46.5 Å². The van der Waals surface area contributed by atoms with Crippen molar-refractivity contribution in [3.05, 3.63) is 40.7 Å². The average molecular weight is 353 g/mol. The second-order valence-electron chi connectivity index (χ2n) is 8.73. The Kier molecular flexibility index (Phi) is 3.94. The molecule has 2 saturated carbocycles. The smallest absolute Gasteiger partial charge is 0.222 e. The van der Waals surface area contributed by atoms with E-state index >= 15 is 0 Å². The van der Waals surface area contributed by atoms with Gasteiger partial charge in [0.15, 0.2) is 0 Å². The molecule has 0 aliphatic heterocycles. The van der Waals surface area contributed by atoms with Gasteiger partial charge in [0.2, 0.25) is 11.3 Å². The van der Waals surface area contributed by atoms with Crippen molar-refractivity contribution in [1.29, 1.82) is 0 Å². The number of amides is 1. The van der Waals surface area contributed by atoms with Gasteiger partial charge >= 0.3 is 0 Å². The van der Waals surface area contributed by atoms with Crippen LogP contribution >= 0.6 is 0 Å². The molecule has 1 aromatic carbocycles. The normalized spacial score (nSPS) is 29.2. The van der Waals surface area contributed by atoms with Gasteiger partial charge in [0.1, 0.15) is 0 Å². The molecule has 2 fully saturated rings. The molecule has 4 rings (SSSR count). The maximum atomic E-state index is 12.6. The Hall–Kier alpha value is -2.17. The van der Waals surface area contributed by atoms with Gasteiger partial charge in [0, 0.05) is 17.8 Å². The van der Waals surface area contributed by atoms with Crippen molar-refractivity contribution in [3.8, 4) is 0 Å². The lowest BCUT2D eigenvalue weighted by Gasteiger charge is -2.39. The number of nitrogens with zero attached hydrogens (tertiary/aromatic N) is 2. The standard InChI is InChI=1S/C21H27N3O2/c1-20(2)14-8-10-21(20,3)18(12-14)23-19(26)9-11-24-16-7-5-4-6-15(16)17(25)13-22-24/h4-7,13-14,18H,8-12H2,1-3H3,(H,23,26). The highest BCUT2D eigenvalue weighted by molar-refractivity contribution is 5.79. The summed E-state index contributed by atoms with van der Waals surface area (Å²) in [4.78, 5) is 24.5. The highest BCUT2D eigenvalue weighted by atomic mass is 16.1. The molecule has 2 aromatic rings. The van der Waals surface area contributed by atoms with E-state index in [-0.39, 0.29) is 22.8 Å². The van der Waals surface area contributed by atoms with Gasteiger partial charge in [-0.3, -0.25) is 14.3 Å². The molecule has 0 spiro atoms. The quantitative estimate of drug-likeness (QED) is 0.918. The third-order valence-corrected chi connectivity index (χ3v) is 7.44. The first-order valence-corrected chi connectivity index (χ1v) is 9.57. The van der Waals surface area contributed by atoms with E-state index in [2.05, 4.69) is 31.2 Å². The molecule has 5 nitrogen and oxygen atoms in total. The van der Waals surface area contributed by atoms with Gasteiger partial charge in [-0.1, -0.05) is 32.9 Å². The highest BCUT2D eigenvalue weighted by Gasteiger charge is 2.61. The zero-order chi connectivity index (χ0) is 18.5. The second-order valence-corrected chi connectivity index (χ2v) is 8.73. The fraction of sp³-hybridized carbons (Fsp3) is 0.571. The molecule has 2 aliphatic rings. The Morgan fingerprint density at radius 3 is 2.77 bits per heavy atom. The van der Waals surface area contributed by atoms with Gasteiger partial charge in [-0.25, -0.2) is 0 Å². The number of rotatable bonds is 4. The van der Waals surface area contributed by atoms with Gasteiger partial charge in [0.25, 0.3) is 0 Å². The van der Waals surface area contributed by atoms with Crippen LogP contribution in [0.4, 0.5) is 0 Å². The largest absolute Gasteiger partial charge is 0.353 e. The van der Waals surface area contributed by atoms with Crippen LogP contribution in [-0.2, 0) is 11.3 Å². The molecule has 0 saturated heterocycles. The van der Waals surface area contributed by atoms with Crippen molar-refractivity contribution in [1.82, 2.24) is 15.1 Å². The lowest BCUT2D eigenvalue weighted by Crippen LogP contribution is -2.47. The molecule has 1 amide bonds. The molecule has 3 atom stereocenters. The van der Waals surface area contributed by atoms with Crippen molar-refractivity contribution in [2.75, 3.05) is 0 Å². The van der Waals surface area contributed by atoms with Gasteiger partial charge in [0.05, 0.1) is 18.3 Å². The molecule has 1 heterocycles. The number of carbonyl (C=O) groups is 1. The van der Waals surface area contributed by atoms with E-state index < -0.39 is 0 Å². The number of aromatic nitrogens is 2. The first kappa shape index (κ1) is 17.3. The van der Waals surface area contributed by atoms with Crippen molar-refractivity contribution >= 4 is 16.8 Å². The van der Waals surface area contributed by atoms with E-state index in [1.54, 1.807) is 10.7 Å². The topological polar surface area (TPSA) is 64.0 Å². The summed E-state index contributed by atoms with van der Waals surface area (Å²) in [6.07, 6.45) is 5.27. The maximum Gasteiger partial charge on any atom is 0.222 e. The predicted molar refractivity (Wildman–Crippen MR) is 102 cm³/mol. The van der Waals surface area contributed by atoms with E-state index in [4.69, 9.17) is 0 Å². The molecule has 2 aliphatic carbocycles. The first-order chi connectivity index (χ1) is 12.3. The molecule has 1 aromatic heterocycles. The van der Waals surface area contributed by atoms with E-state index in [9.17, 15) is 9.59 Å². The summed E-state index contributed by atoms with van der Waals surface area (Å²) in [6, 6.07) is 7.67. The van der Waals surface area contributed by atoms with Crippen LogP contribution in [-0.4, -0.2) is 21.7 Å². The zero-order valence-corrected chi connectivity index (χ0v) is 15.8. The summed E-state index contributed by atoms with van der Waals surface area (Å²) in [7, 11) is 0. The summed E-state index contributed by atoms with van der Waals surface area (Å²) in [5.41, 5.74) is 1.18. The summed E-state index contributed by atoms with van der Waals surface area (Å²) in [6.45, 7) is 7.52. The average Bonchev–Trinajstić information content (AvgIpc) is 2.95. The minimum absolute atomic E-state index is 0.0733. The lowest BCUT2D eigenvalue weighted by molar-refractivity contribution is -0.123. The third kappa shape index (κ3) is 2.48.